The fraction of sp³-hybridized carbons (Fsp3) is 0.0909. The largest absolute Gasteiger partial charge is 0.450 e. The topological polar surface area (TPSA) is 33.4 Å². The van der Waals surface area contributed by atoms with E-state index >= 15 is 0 Å². The third-order valence-corrected chi connectivity index (χ3v) is 4.04. The number of hydrogen-bond acceptors (Lipinski definition) is 2. The SMILES string of the molecule is OC(c1cccc(Cl)c1)c1cc(Br)c(Br)o1. The Morgan fingerprint density at radius 1 is 1.25 bits per heavy atom. The van der Waals surface area contributed by atoms with Crippen LogP contribution in [0.25, 0.3) is 0 Å². The lowest BCUT2D eigenvalue weighted by atomic mass is 10.1. The van der Waals surface area contributed by atoms with Gasteiger partial charge >= 0.3 is 0 Å². The summed E-state index contributed by atoms with van der Waals surface area (Å²) < 4.78 is 6.67. The van der Waals surface area contributed by atoms with E-state index in [1.54, 1.807) is 30.3 Å². The van der Waals surface area contributed by atoms with Crippen LogP contribution in [0.15, 0.2) is 43.9 Å². The molecule has 16 heavy (non-hydrogen) atoms. The zero-order chi connectivity index (χ0) is 11.7. The predicted molar refractivity (Wildman–Crippen MR) is 69.6 cm³/mol. The zero-order valence-corrected chi connectivity index (χ0v) is 11.9. The van der Waals surface area contributed by atoms with Crippen molar-refractivity contribution in [3.8, 4) is 0 Å². The van der Waals surface area contributed by atoms with Gasteiger partial charge in [0.1, 0.15) is 11.9 Å². The van der Waals surface area contributed by atoms with Crippen LogP contribution in [0, 0.1) is 0 Å². The number of benzene rings is 1. The first-order valence-electron chi connectivity index (χ1n) is 4.46. The fourth-order valence-electron chi connectivity index (χ4n) is 1.34. The highest BCUT2D eigenvalue weighted by molar-refractivity contribution is 9.13. The number of aliphatic hydroxyl groups excluding tert-OH is 1. The minimum atomic E-state index is -0.818. The van der Waals surface area contributed by atoms with E-state index in [1.165, 1.54) is 0 Å². The lowest BCUT2D eigenvalue weighted by Crippen LogP contribution is -1.97. The standard InChI is InChI=1S/C11H7Br2ClO2/c12-8-5-9(16-11(8)13)10(15)6-2-1-3-7(14)4-6/h1-5,10,15H. The molecule has 0 saturated carbocycles. The molecule has 0 aliphatic heterocycles. The van der Waals surface area contributed by atoms with Gasteiger partial charge in [0.05, 0.1) is 4.47 Å². The monoisotopic (exact) mass is 364 g/mol. The maximum atomic E-state index is 10.1. The summed E-state index contributed by atoms with van der Waals surface area (Å²) in [6.45, 7) is 0. The maximum absolute atomic E-state index is 10.1. The molecule has 2 nitrogen and oxygen atoms in total. The summed E-state index contributed by atoms with van der Waals surface area (Å²) >= 11 is 12.4. The van der Waals surface area contributed by atoms with Gasteiger partial charge in [-0.2, -0.15) is 0 Å². The van der Waals surface area contributed by atoms with E-state index in [4.69, 9.17) is 16.0 Å². The molecule has 1 N–H and O–H groups in total. The van der Waals surface area contributed by atoms with Crippen molar-refractivity contribution in [3.05, 3.63) is 55.8 Å². The molecule has 5 heteroatoms. The van der Waals surface area contributed by atoms with E-state index in [9.17, 15) is 5.11 Å². The Balaban J connectivity index is 2.35. The van der Waals surface area contributed by atoms with Gasteiger partial charge in [-0.05, 0) is 55.6 Å². The van der Waals surface area contributed by atoms with Crippen LogP contribution in [0.1, 0.15) is 17.4 Å². The second-order valence-electron chi connectivity index (χ2n) is 3.23. The van der Waals surface area contributed by atoms with Crippen LogP contribution in [-0.2, 0) is 0 Å². The highest BCUT2D eigenvalue weighted by Crippen LogP contribution is 2.32. The van der Waals surface area contributed by atoms with Gasteiger partial charge in [0.15, 0.2) is 4.67 Å². The average molecular weight is 366 g/mol. The summed E-state index contributed by atoms with van der Waals surface area (Å²) in [5.41, 5.74) is 0.696. The van der Waals surface area contributed by atoms with Gasteiger partial charge in [0.25, 0.3) is 0 Å². The van der Waals surface area contributed by atoms with Crippen LogP contribution < -0.4 is 0 Å². The van der Waals surface area contributed by atoms with Crippen LogP contribution in [-0.4, -0.2) is 5.11 Å². The molecule has 0 radical (unpaired) electrons. The van der Waals surface area contributed by atoms with Crippen LogP contribution in [0.2, 0.25) is 5.02 Å². The molecule has 1 unspecified atom stereocenters. The summed E-state index contributed by atoms with van der Waals surface area (Å²) in [5, 5.41) is 10.6. The van der Waals surface area contributed by atoms with Crippen molar-refractivity contribution in [2.75, 3.05) is 0 Å². The summed E-state index contributed by atoms with van der Waals surface area (Å²) in [6, 6.07) is 8.76. The van der Waals surface area contributed by atoms with Crippen molar-refractivity contribution < 1.29 is 9.52 Å². The molecule has 1 aromatic carbocycles. The Bertz CT molecular complexity index is 491. The Morgan fingerprint density at radius 2 is 2.00 bits per heavy atom. The first kappa shape index (κ1) is 12.2. The molecule has 1 heterocycles. The molecule has 0 aliphatic carbocycles. The molecular formula is C11H7Br2ClO2. The van der Waals surface area contributed by atoms with E-state index in [0.717, 1.165) is 4.47 Å². The molecule has 1 atom stereocenters. The Hall–Kier alpha value is -0.290. The number of halogens is 3. The molecule has 0 fully saturated rings. The molecule has 1 aromatic heterocycles. The Labute approximate surface area is 114 Å². The van der Waals surface area contributed by atoms with E-state index in [0.29, 0.717) is 21.0 Å². The molecule has 84 valence electrons. The smallest absolute Gasteiger partial charge is 0.183 e. The second-order valence-corrected chi connectivity index (χ2v) is 5.24. The Morgan fingerprint density at radius 3 is 2.56 bits per heavy atom. The van der Waals surface area contributed by atoms with Crippen molar-refractivity contribution in [2.45, 2.75) is 6.10 Å². The van der Waals surface area contributed by atoms with Gasteiger partial charge < -0.3 is 9.52 Å². The zero-order valence-electron chi connectivity index (χ0n) is 7.95. The Kier molecular flexibility index (Phi) is 3.74. The number of aliphatic hydroxyl groups is 1. The molecule has 0 aliphatic rings. The molecule has 0 amide bonds. The average Bonchev–Trinajstić information content (AvgIpc) is 2.58. The van der Waals surface area contributed by atoms with Crippen molar-refractivity contribution >= 4 is 43.5 Å². The molecule has 0 bridgehead atoms. The fourth-order valence-corrected chi connectivity index (χ4v) is 2.15. The predicted octanol–water partition coefficient (Wildman–Crippen LogP) is 4.54. The molecule has 0 spiro atoms. The summed E-state index contributed by atoms with van der Waals surface area (Å²) in [7, 11) is 0. The van der Waals surface area contributed by atoms with E-state index in [-0.39, 0.29) is 0 Å². The lowest BCUT2D eigenvalue weighted by molar-refractivity contribution is 0.187. The van der Waals surface area contributed by atoms with Gasteiger partial charge in [-0.1, -0.05) is 23.7 Å². The lowest BCUT2D eigenvalue weighted by Gasteiger charge is -2.07. The molecule has 2 aromatic rings. The quantitative estimate of drug-likeness (QED) is 0.847. The number of furan rings is 1. The highest BCUT2D eigenvalue weighted by atomic mass is 79.9. The minimum absolute atomic E-state index is 0.459. The van der Waals surface area contributed by atoms with Crippen molar-refractivity contribution in [3.63, 3.8) is 0 Å². The third kappa shape index (κ3) is 2.51. The van der Waals surface area contributed by atoms with Gasteiger partial charge in [-0.15, -0.1) is 0 Å². The van der Waals surface area contributed by atoms with Gasteiger partial charge in [-0.3, -0.25) is 0 Å². The molecular weight excluding hydrogens is 359 g/mol. The van der Waals surface area contributed by atoms with E-state index < -0.39 is 6.10 Å². The first-order chi connectivity index (χ1) is 7.58. The van der Waals surface area contributed by atoms with Crippen molar-refractivity contribution in [1.29, 1.82) is 0 Å². The summed E-state index contributed by atoms with van der Waals surface area (Å²) in [4.78, 5) is 0. The van der Waals surface area contributed by atoms with Crippen LogP contribution >= 0.6 is 43.5 Å². The second kappa shape index (κ2) is 4.92. The summed E-state index contributed by atoms with van der Waals surface area (Å²) in [5.74, 6) is 0.459. The van der Waals surface area contributed by atoms with Gasteiger partial charge in [0.2, 0.25) is 0 Å². The third-order valence-electron chi connectivity index (χ3n) is 2.10. The molecule has 0 saturated heterocycles. The first-order valence-corrected chi connectivity index (χ1v) is 6.42. The highest BCUT2D eigenvalue weighted by Gasteiger charge is 2.16. The van der Waals surface area contributed by atoms with Crippen LogP contribution in [0.4, 0.5) is 0 Å². The van der Waals surface area contributed by atoms with Gasteiger partial charge in [0, 0.05) is 5.02 Å². The summed E-state index contributed by atoms with van der Waals surface area (Å²) in [6.07, 6.45) is -0.818. The number of hydrogen-bond donors (Lipinski definition) is 1. The van der Waals surface area contributed by atoms with E-state index in [2.05, 4.69) is 31.9 Å². The van der Waals surface area contributed by atoms with E-state index in [1.807, 2.05) is 0 Å². The number of rotatable bonds is 2. The van der Waals surface area contributed by atoms with Crippen molar-refractivity contribution in [1.82, 2.24) is 0 Å². The van der Waals surface area contributed by atoms with Crippen LogP contribution in [0.3, 0.4) is 0 Å². The normalized spacial score (nSPS) is 12.8. The van der Waals surface area contributed by atoms with Gasteiger partial charge in [-0.25, -0.2) is 0 Å². The van der Waals surface area contributed by atoms with Crippen LogP contribution in [0.5, 0.6) is 0 Å². The van der Waals surface area contributed by atoms with Crippen molar-refractivity contribution in [2.24, 2.45) is 0 Å². The maximum Gasteiger partial charge on any atom is 0.183 e. The minimum Gasteiger partial charge on any atom is -0.450 e. The molecule has 2 rings (SSSR count).